The Kier molecular flexibility index (Phi) is 3.49. The summed E-state index contributed by atoms with van der Waals surface area (Å²) in [6, 6.07) is 5.21. The molecule has 0 bridgehead atoms. The van der Waals surface area contributed by atoms with E-state index < -0.39 is 11.7 Å². The van der Waals surface area contributed by atoms with E-state index in [1.165, 1.54) is 6.07 Å². The Morgan fingerprint density at radius 1 is 1.05 bits per heavy atom. The van der Waals surface area contributed by atoms with Gasteiger partial charge in [-0.25, -0.2) is 9.97 Å². The van der Waals surface area contributed by atoms with E-state index in [1.54, 1.807) is 19.9 Å². The van der Waals surface area contributed by atoms with Crippen LogP contribution >= 0.6 is 11.6 Å². The summed E-state index contributed by atoms with van der Waals surface area (Å²) in [5, 5.41) is 0.0781. The molecule has 1 aromatic carbocycles. The molecule has 0 fully saturated rings. The van der Waals surface area contributed by atoms with Gasteiger partial charge in [-0.3, -0.25) is 0 Å². The van der Waals surface area contributed by atoms with Crippen LogP contribution in [0.3, 0.4) is 0 Å². The van der Waals surface area contributed by atoms with Crippen molar-refractivity contribution in [2.75, 3.05) is 0 Å². The lowest BCUT2D eigenvalue weighted by Crippen LogP contribution is -2.05. The predicted molar refractivity (Wildman–Crippen MR) is 67.0 cm³/mol. The minimum atomic E-state index is -4.34. The van der Waals surface area contributed by atoms with E-state index >= 15 is 0 Å². The van der Waals surface area contributed by atoms with Crippen LogP contribution in [0.15, 0.2) is 24.3 Å². The smallest absolute Gasteiger partial charge is 0.223 e. The highest BCUT2D eigenvalue weighted by Gasteiger charge is 2.30. The van der Waals surface area contributed by atoms with Gasteiger partial charge >= 0.3 is 6.18 Å². The summed E-state index contributed by atoms with van der Waals surface area (Å²) in [6.45, 7) is 3.35. The standard InChI is InChI=1S/C13H10ClF3N2/c1-7-5-9(13(15,16)17)3-4-10(7)11-6-8(2)18-12(14)19-11/h3-6H,1-2H3. The molecule has 0 amide bonds. The van der Waals surface area contributed by atoms with Gasteiger partial charge in [0.1, 0.15) is 0 Å². The van der Waals surface area contributed by atoms with E-state index in [-0.39, 0.29) is 5.28 Å². The molecule has 0 radical (unpaired) electrons. The molecule has 1 heterocycles. The number of aryl methyl sites for hydroxylation is 2. The van der Waals surface area contributed by atoms with Crippen LogP contribution < -0.4 is 0 Å². The Balaban J connectivity index is 2.52. The normalized spacial score (nSPS) is 11.7. The van der Waals surface area contributed by atoms with Gasteiger partial charge in [0, 0.05) is 11.3 Å². The van der Waals surface area contributed by atoms with Crippen molar-refractivity contribution in [1.82, 2.24) is 9.97 Å². The van der Waals surface area contributed by atoms with Crippen LogP contribution in [0.1, 0.15) is 16.8 Å². The van der Waals surface area contributed by atoms with E-state index in [2.05, 4.69) is 9.97 Å². The van der Waals surface area contributed by atoms with Gasteiger partial charge in [-0.2, -0.15) is 13.2 Å². The first kappa shape index (κ1) is 13.8. The lowest BCUT2D eigenvalue weighted by molar-refractivity contribution is -0.137. The van der Waals surface area contributed by atoms with Crippen LogP contribution in [0.25, 0.3) is 11.3 Å². The molecule has 19 heavy (non-hydrogen) atoms. The first-order valence-electron chi connectivity index (χ1n) is 5.47. The van der Waals surface area contributed by atoms with Crippen LogP contribution in [0, 0.1) is 13.8 Å². The van der Waals surface area contributed by atoms with Crippen molar-refractivity contribution in [2.45, 2.75) is 20.0 Å². The van der Waals surface area contributed by atoms with Crippen LogP contribution in [-0.4, -0.2) is 9.97 Å². The minimum absolute atomic E-state index is 0.0781. The van der Waals surface area contributed by atoms with E-state index in [9.17, 15) is 13.2 Å². The molecule has 0 atom stereocenters. The molecule has 1 aromatic heterocycles. The van der Waals surface area contributed by atoms with Crippen molar-refractivity contribution < 1.29 is 13.2 Å². The van der Waals surface area contributed by atoms with E-state index in [0.717, 1.165) is 12.1 Å². The monoisotopic (exact) mass is 286 g/mol. The van der Waals surface area contributed by atoms with Gasteiger partial charge in [0.2, 0.25) is 5.28 Å². The van der Waals surface area contributed by atoms with Gasteiger partial charge in [0.15, 0.2) is 0 Å². The van der Waals surface area contributed by atoms with E-state index in [4.69, 9.17) is 11.6 Å². The summed E-state index contributed by atoms with van der Waals surface area (Å²) >= 11 is 5.75. The molecule has 2 rings (SSSR count). The quantitative estimate of drug-likeness (QED) is 0.725. The number of benzene rings is 1. The lowest BCUT2D eigenvalue weighted by atomic mass is 10.0. The largest absolute Gasteiger partial charge is 0.416 e. The zero-order chi connectivity index (χ0) is 14.2. The number of alkyl halides is 3. The summed E-state index contributed by atoms with van der Waals surface area (Å²) in [6.07, 6.45) is -4.34. The summed E-state index contributed by atoms with van der Waals surface area (Å²) < 4.78 is 37.8. The second-order valence-electron chi connectivity index (χ2n) is 4.19. The average molecular weight is 287 g/mol. The minimum Gasteiger partial charge on any atom is -0.223 e. The second kappa shape index (κ2) is 4.81. The highest BCUT2D eigenvalue weighted by Crippen LogP contribution is 2.32. The molecular weight excluding hydrogens is 277 g/mol. The Labute approximate surface area is 113 Å². The van der Waals surface area contributed by atoms with Gasteiger partial charge in [-0.05, 0) is 49.2 Å². The molecule has 0 aliphatic carbocycles. The number of hydrogen-bond acceptors (Lipinski definition) is 2. The second-order valence-corrected chi connectivity index (χ2v) is 4.53. The average Bonchev–Trinajstić information content (AvgIpc) is 2.26. The van der Waals surface area contributed by atoms with Gasteiger partial charge in [0.05, 0.1) is 11.3 Å². The van der Waals surface area contributed by atoms with E-state index in [0.29, 0.717) is 22.5 Å². The highest BCUT2D eigenvalue weighted by molar-refractivity contribution is 6.28. The Bertz CT molecular complexity index is 604. The molecule has 6 heteroatoms. The third-order valence-electron chi connectivity index (χ3n) is 2.66. The maximum atomic E-state index is 12.6. The molecule has 100 valence electrons. The molecular formula is C13H10ClF3N2. The van der Waals surface area contributed by atoms with Crippen molar-refractivity contribution in [1.29, 1.82) is 0 Å². The SMILES string of the molecule is Cc1cc(-c2ccc(C(F)(F)F)cc2C)nc(Cl)n1. The molecule has 0 aliphatic heterocycles. The molecule has 2 nitrogen and oxygen atoms in total. The number of hydrogen-bond donors (Lipinski definition) is 0. The molecule has 0 spiro atoms. The topological polar surface area (TPSA) is 25.8 Å². The Hall–Kier alpha value is -1.62. The van der Waals surface area contributed by atoms with Crippen molar-refractivity contribution in [2.24, 2.45) is 0 Å². The number of rotatable bonds is 1. The fourth-order valence-corrected chi connectivity index (χ4v) is 2.02. The third-order valence-corrected chi connectivity index (χ3v) is 2.83. The summed E-state index contributed by atoms with van der Waals surface area (Å²) in [5.41, 5.74) is 1.60. The van der Waals surface area contributed by atoms with Gasteiger partial charge < -0.3 is 0 Å². The van der Waals surface area contributed by atoms with Gasteiger partial charge in [0.25, 0.3) is 0 Å². The summed E-state index contributed by atoms with van der Waals surface area (Å²) in [7, 11) is 0. The number of aromatic nitrogens is 2. The van der Waals surface area contributed by atoms with Crippen LogP contribution in [-0.2, 0) is 6.18 Å². The van der Waals surface area contributed by atoms with Crippen LogP contribution in [0.5, 0.6) is 0 Å². The fraction of sp³-hybridized carbons (Fsp3) is 0.231. The molecule has 0 aliphatic rings. The maximum Gasteiger partial charge on any atom is 0.416 e. The zero-order valence-corrected chi connectivity index (χ0v) is 11.0. The van der Waals surface area contributed by atoms with Crippen molar-refractivity contribution >= 4 is 11.6 Å². The first-order valence-corrected chi connectivity index (χ1v) is 5.84. The first-order chi connectivity index (χ1) is 8.77. The molecule has 0 saturated carbocycles. The van der Waals surface area contributed by atoms with Crippen molar-refractivity contribution in [3.8, 4) is 11.3 Å². The third kappa shape index (κ3) is 3.04. The maximum absolute atomic E-state index is 12.6. The van der Waals surface area contributed by atoms with Crippen LogP contribution in [0.4, 0.5) is 13.2 Å². The number of halogens is 4. The van der Waals surface area contributed by atoms with Gasteiger partial charge in [-0.15, -0.1) is 0 Å². The molecule has 0 N–H and O–H groups in total. The van der Waals surface area contributed by atoms with Crippen molar-refractivity contribution in [3.05, 3.63) is 46.4 Å². The Morgan fingerprint density at radius 2 is 1.74 bits per heavy atom. The van der Waals surface area contributed by atoms with Crippen molar-refractivity contribution in [3.63, 3.8) is 0 Å². The summed E-state index contributed by atoms with van der Waals surface area (Å²) in [5.74, 6) is 0. The Morgan fingerprint density at radius 3 is 2.26 bits per heavy atom. The zero-order valence-electron chi connectivity index (χ0n) is 10.2. The fourth-order valence-electron chi connectivity index (χ4n) is 1.80. The van der Waals surface area contributed by atoms with Crippen LogP contribution in [0.2, 0.25) is 5.28 Å². The number of nitrogens with zero attached hydrogens (tertiary/aromatic N) is 2. The van der Waals surface area contributed by atoms with E-state index in [1.807, 2.05) is 0 Å². The molecule has 0 saturated heterocycles. The lowest BCUT2D eigenvalue weighted by Gasteiger charge is -2.11. The van der Waals surface area contributed by atoms with Gasteiger partial charge in [-0.1, -0.05) is 6.07 Å². The molecule has 0 unspecified atom stereocenters. The molecule has 2 aromatic rings. The summed E-state index contributed by atoms with van der Waals surface area (Å²) in [4.78, 5) is 7.95. The highest BCUT2D eigenvalue weighted by atomic mass is 35.5. The predicted octanol–water partition coefficient (Wildman–Crippen LogP) is 4.43.